The van der Waals surface area contributed by atoms with Crippen molar-refractivity contribution in [2.24, 2.45) is 0 Å². The molecule has 2 aromatic heterocycles. The topological polar surface area (TPSA) is 29.9 Å². The number of aromatic nitrogens is 2. The van der Waals surface area contributed by atoms with Crippen LogP contribution in [0.4, 0.5) is 0 Å². The van der Waals surface area contributed by atoms with Crippen molar-refractivity contribution in [3.63, 3.8) is 0 Å². The van der Waals surface area contributed by atoms with E-state index < -0.39 is 0 Å². The molecule has 0 bridgehead atoms. The number of hydrogen-bond acceptors (Lipinski definition) is 3. The van der Waals surface area contributed by atoms with Crippen LogP contribution in [0.15, 0.2) is 15.9 Å². The van der Waals surface area contributed by atoms with Crippen molar-refractivity contribution < 1.29 is 0 Å². The molecule has 0 aliphatic carbocycles. The highest BCUT2D eigenvalue weighted by Gasteiger charge is 2.20. The van der Waals surface area contributed by atoms with Gasteiger partial charge in [-0.3, -0.25) is 4.68 Å². The van der Waals surface area contributed by atoms with Gasteiger partial charge < -0.3 is 5.32 Å². The summed E-state index contributed by atoms with van der Waals surface area (Å²) in [4.78, 5) is 1.30. The lowest BCUT2D eigenvalue weighted by Gasteiger charge is -2.15. The molecule has 0 aromatic carbocycles. The van der Waals surface area contributed by atoms with Gasteiger partial charge in [0.15, 0.2) is 0 Å². The van der Waals surface area contributed by atoms with E-state index in [1.807, 2.05) is 11.7 Å². The molecular weight excluding hydrogens is 358 g/mol. The monoisotopic (exact) mass is 375 g/mol. The number of hydrogen-bond donors (Lipinski definition) is 1. The predicted octanol–water partition coefficient (Wildman–Crippen LogP) is 4.45. The van der Waals surface area contributed by atoms with E-state index in [1.54, 1.807) is 11.3 Å². The molecule has 2 rings (SSSR count). The molecule has 1 N–H and O–H groups in total. The van der Waals surface area contributed by atoms with E-state index in [0.717, 1.165) is 40.3 Å². The second-order valence-electron chi connectivity index (χ2n) is 4.59. The number of nitrogens with one attached hydrogen (secondary N) is 1. The van der Waals surface area contributed by atoms with Gasteiger partial charge in [-0.05, 0) is 42.4 Å². The van der Waals surface area contributed by atoms with Crippen molar-refractivity contribution in [1.29, 1.82) is 0 Å². The van der Waals surface area contributed by atoms with E-state index in [0.29, 0.717) is 0 Å². The molecule has 0 amide bonds. The fourth-order valence-electron chi connectivity index (χ4n) is 2.26. The molecule has 6 heteroatoms. The first kappa shape index (κ1) is 16.0. The van der Waals surface area contributed by atoms with Gasteiger partial charge in [-0.25, -0.2) is 0 Å². The van der Waals surface area contributed by atoms with Gasteiger partial charge in [-0.15, -0.1) is 11.3 Å². The van der Waals surface area contributed by atoms with Crippen LogP contribution in [0, 0.1) is 0 Å². The van der Waals surface area contributed by atoms with Crippen LogP contribution >= 0.6 is 38.9 Å². The molecule has 3 nitrogen and oxygen atoms in total. The molecule has 0 aliphatic rings. The first-order valence-electron chi connectivity index (χ1n) is 6.75. The molecule has 20 heavy (non-hydrogen) atoms. The van der Waals surface area contributed by atoms with Crippen molar-refractivity contribution in [3.05, 3.63) is 37.2 Å². The Hall–Kier alpha value is -0.360. The zero-order valence-corrected chi connectivity index (χ0v) is 15.1. The minimum atomic E-state index is 0.260. The quantitative estimate of drug-likeness (QED) is 0.807. The number of halogens is 2. The minimum Gasteiger partial charge on any atom is -0.312 e. The molecule has 0 saturated heterocycles. The summed E-state index contributed by atoms with van der Waals surface area (Å²) in [5.74, 6) is 0. The normalized spacial score (nSPS) is 12.8. The number of rotatable bonds is 6. The second kappa shape index (κ2) is 7.07. The van der Waals surface area contributed by atoms with E-state index in [-0.39, 0.29) is 6.04 Å². The molecule has 110 valence electrons. The minimum absolute atomic E-state index is 0.260. The number of thiophene rings is 1. The Morgan fingerprint density at radius 3 is 2.75 bits per heavy atom. The van der Waals surface area contributed by atoms with Gasteiger partial charge in [-0.2, -0.15) is 5.10 Å². The molecule has 1 atom stereocenters. The van der Waals surface area contributed by atoms with E-state index >= 15 is 0 Å². The average Bonchev–Trinajstić information content (AvgIpc) is 3.00. The van der Waals surface area contributed by atoms with Crippen LogP contribution in [0.5, 0.6) is 0 Å². The second-order valence-corrected chi connectivity index (χ2v) is 6.83. The smallest absolute Gasteiger partial charge is 0.0850 e. The summed E-state index contributed by atoms with van der Waals surface area (Å²) in [5, 5.41) is 10.9. The fraction of sp³-hybridized carbons (Fsp3) is 0.500. The zero-order valence-electron chi connectivity index (χ0n) is 11.9. The molecule has 1 unspecified atom stereocenters. The Kier molecular flexibility index (Phi) is 5.66. The standard InChI is InChI=1S/C14H19BrClN3S/c1-4-10-14(16)12(19(5-2)18-10)7-11(17-3)13-6-9(15)8-20-13/h6,8,11,17H,4-5,7H2,1-3H3. The van der Waals surface area contributed by atoms with Crippen molar-refractivity contribution in [2.75, 3.05) is 7.05 Å². The third-order valence-corrected chi connectivity index (χ3v) is 5.61. The molecular formula is C14H19BrClN3S. The Labute approximate surface area is 137 Å². The number of nitrogens with zero attached hydrogens (tertiary/aromatic N) is 2. The summed E-state index contributed by atoms with van der Waals surface area (Å²) in [7, 11) is 1.99. The van der Waals surface area contributed by atoms with Crippen molar-refractivity contribution in [3.8, 4) is 0 Å². The summed E-state index contributed by atoms with van der Waals surface area (Å²) >= 11 is 11.7. The Morgan fingerprint density at radius 2 is 2.25 bits per heavy atom. The lowest BCUT2D eigenvalue weighted by molar-refractivity contribution is 0.546. The molecule has 0 saturated carbocycles. The van der Waals surface area contributed by atoms with Crippen molar-refractivity contribution in [2.45, 2.75) is 39.3 Å². The van der Waals surface area contributed by atoms with Crippen LogP contribution in [0.1, 0.15) is 36.2 Å². The first-order chi connectivity index (χ1) is 9.60. The number of likely N-dealkylation sites (N-methyl/N-ethyl adjacent to an activating group) is 1. The molecule has 0 aliphatic heterocycles. The molecule has 0 radical (unpaired) electrons. The largest absolute Gasteiger partial charge is 0.312 e. The Bertz CT molecular complexity index is 579. The van der Waals surface area contributed by atoms with E-state index in [9.17, 15) is 0 Å². The highest BCUT2D eigenvalue weighted by atomic mass is 79.9. The highest BCUT2D eigenvalue weighted by Crippen LogP contribution is 2.31. The summed E-state index contributed by atoms with van der Waals surface area (Å²) in [6.45, 7) is 5.03. The molecule has 0 spiro atoms. The highest BCUT2D eigenvalue weighted by molar-refractivity contribution is 9.10. The van der Waals surface area contributed by atoms with E-state index in [4.69, 9.17) is 11.6 Å². The van der Waals surface area contributed by atoms with Gasteiger partial charge in [0.25, 0.3) is 0 Å². The maximum Gasteiger partial charge on any atom is 0.0850 e. The lowest BCUT2D eigenvalue weighted by atomic mass is 10.1. The third-order valence-electron chi connectivity index (χ3n) is 3.37. The molecule has 2 aromatic rings. The zero-order chi connectivity index (χ0) is 14.7. The van der Waals surface area contributed by atoms with Gasteiger partial charge in [0, 0.05) is 33.7 Å². The summed E-state index contributed by atoms with van der Waals surface area (Å²) in [6.07, 6.45) is 1.72. The lowest BCUT2D eigenvalue weighted by Crippen LogP contribution is -2.19. The van der Waals surface area contributed by atoms with Crippen LogP contribution in [0.2, 0.25) is 5.02 Å². The Balaban J connectivity index is 2.29. The van der Waals surface area contributed by atoms with E-state index in [2.05, 4.69) is 51.6 Å². The summed E-state index contributed by atoms with van der Waals surface area (Å²) in [5.41, 5.74) is 2.11. The van der Waals surface area contributed by atoms with Crippen LogP contribution in [-0.4, -0.2) is 16.8 Å². The van der Waals surface area contributed by atoms with Crippen molar-refractivity contribution >= 4 is 38.9 Å². The maximum atomic E-state index is 6.49. The van der Waals surface area contributed by atoms with Crippen LogP contribution in [0.3, 0.4) is 0 Å². The summed E-state index contributed by atoms with van der Waals surface area (Å²) < 4.78 is 3.15. The Morgan fingerprint density at radius 1 is 1.50 bits per heavy atom. The van der Waals surface area contributed by atoms with Gasteiger partial charge in [0.1, 0.15) is 0 Å². The summed E-state index contributed by atoms with van der Waals surface area (Å²) in [6, 6.07) is 2.42. The first-order valence-corrected chi connectivity index (χ1v) is 8.80. The van der Waals surface area contributed by atoms with Gasteiger partial charge >= 0.3 is 0 Å². The van der Waals surface area contributed by atoms with Gasteiger partial charge in [0.05, 0.1) is 16.4 Å². The predicted molar refractivity (Wildman–Crippen MR) is 89.8 cm³/mol. The molecule has 2 heterocycles. The van der Waals surface area contributed by atoms with Gasteiger partial charge in [0.2, 0.25) is 0 Å². The third kappa shape index (κ3) is 3.27. The van der Waals surface area contributed by atoms with Crippen molar-refractivity contribution in [1.82, 2.24) is 15.1 Å². The van der Waals surface area contributed by atoms with Crippen LogP contribution < -0.4 is 5.32 Å². The maximum absolute atomic E-state index is 6.49. The fourth-order valence-corrected chi connectivity index (χ4v) is 4.16. The van der Waals surface area contributed by atoms with Gasteiger partial charge in [-0.1, -0.05) is 18.5 Å². The SMILES string of the molecule is CCc1nn(CC)c(CC(NC)c2cc(Br)cs2)c1Cl. The number of aryl methyl sites for hydroxylation is 2. The van der Waals surface area contributed by atoms with Crippen LogP contribution in [0.25, 0.3) is 0 Å². The van der Waals surface area contributed by atoms with Crippen LogP contribution in [-0.2, 0) is 19.4 Å². The molecule has 0 fully saturated rings. The van der Waals surface area contributed by atoms with E-state index in [1.165, 1.54) is 4.88 Å². The average molecular weight is 377 g/mol.